The number of halogens is 2. The lowest BCUT2D eigenvalue weighted by molar-refractivity contribution is 0.236. The van der Waals surface area contributed by atoms with Crippen molar-refractivity contribution in [2.75, 3.05) is 6.61 Å². The molecule has 0 spiro atoms. The van der Waals surface area contributed by atoms with Crippen LogP contribution in [0, 0.1) is 29.4 Å². The highest BCUT2D eigenvalue weighted by Crippen LogP contribution is 2.43. The first-order valence-corrected chi connectivity index (χ1v) is 10.4. The molecule has 26 heavy (non-hydrogen) atoms. The summed E-state index contributed by atoms with van der Waals surface area (Å²) >= 11 is 0. The van der Waals surface area contributed by atoms with Crippen molar-refractivity contribution < 1.29 is 13.5 Å². The molecule has 3 heteroatoms. The molecular formula is C23H32F2O. The van der Waals surface area contributed by atoms with Gasteiger partial charge in [-0.05, 0) is 87.2 Å². The standard InChI is InChI=1S/C23H32F2O/c1-3-5-16-6-8-17(9-7-16)18-10-12-19(13-11-18)20-14-15-21(26-4-2)23(25)22(20)24/h6,8,14-19H,3-5,7,9-13H2,1-2H3. The van der Waals surface area contributed by atoms with Crippen molar-refractivity contribution in [2.24, 2.45) is 17.8 Å². The topological polar surface area (TPSA) is 9.23 Å². The minimum Gasteiger partial charge on any atom is -0.491 e. The first kappa shape index (κ1) is 19.4. The maximum absolute atomic E-state index is 14.5. The molecule has 3 rings (SSSR count). The largest absolute Gasteiger partial charge is 0.491 e. The molecule has 2 unspecified atom stereocenters. The summed E-state index contributed by atoms with van der Waals surface area (Å²) in [4.78, 5) is 0. The molecule has 0 N–H and O–H groups in total. The lowest BCUT2D eigenvalue weighted by Gasteiger charge is -2.35. The van der Waals surface area contributed by atoms with E-state index in [1.54, 1.807) is 19.1 Å². The monoisotopic (exact) mass is 362 g/mol. The number of hydrogen-bond acceptors (Lipinski definition) is 1. The molecule has 2 aliphatic rings. The summed E-state index contributed by atoms with van der Waals surface area (Å²) in [7, 11) is 0. The zero-order chi connectivity index (χ0) is 18.5. The molecule has 2 atom stereocenters. The van der Waals surface area contributed by atoms with Gasteiger partial charge >= 0.3 is 0 Å². The maximum Gasteiger partial charge on any atom is 0.200 e. The molecule has 0 radical (unpaired) electrons. The summed E-state index contributed by atoms with van der Waals surface area (Å²) in [5, 5.41) is 0. The summed E-state index contributed by atoms with van der Waals surface area (Å²) in [5.41, 5.74) is 0.534. The predicted octanol–water partition coefficient (Wildman–Crippen LogP) is 7.02. The van der Waals surface area contributed by atoms with Gasteiger partial charge in [0.2, 0.25) is 5.82 Å². The first-order valence-electron chi connectivity index (χ1n) is 10.4. The van der Waals surface area contributed by atoms with Crippen LogP contribution in [0.15, 0.2) is 24.3 Å². The Morgan fingerprint density at radius 2 is 1.69 bits per heavy atom. The van der Waals surface area contributed by atoms with Crippen LogP contribution in [0.3, 0.4) is 0 Å². The van der Waals surface area contributed by atoms with Crippen LogP contribution in [0.4, 0.5) is 8.78 Å². The Morgan fingerprint density at radius 1 is 0.923 bits per heavy atom. The Morgan fingerprint density at radius 3 is 2.31 bits per heavy atom. The Hall–Kier alpha value is -1.38. The second-order valence-electron chi connectivity index (χ2n) is 8.00. The second kappa shape index (κ2) is 9.01. The highest BCUT2D eigenvalue weighted by atomic mass is 19.2. The molecule has 1 saturated carbocycles. The molecule has 0 saturated heterocycles. The van der Waals surface area contributed by atoms with Gasteiger partial charge in [-0.2, -0.15) is 4.39 Å². The smallest absolute Gasteiger partial charge is 0.200 e. The summed E-state index contributed by atoms with van der Waals surface area (Å²) in [6, 6.07) is 3.31. The van der Waals surface area contributed by atoms with Crippen molar-refractivity contribution in [3.63, 3.8) is 0 Å². The fourth-order valence-electron chi connectivity index (χ4n) is 4.89. The van der Waals surface area contributed by atoms with Gasteiger partial charge in [-0.25, -0.2) is 4.39 Å². The summed E-state index contributed by atoms with van der Waals surface area (Å²) in [5.74, 6) is 0.788. The van der Waals surface area contributed by atoms with E-state index in [2.05, 4.69) is 19.1 Å². The molecule has 1 fully saturated rings. The highest BCUT2D eigenvalue weighted by molar-refractivity contribution is 5.33. The van der Waals surface area contributed by atoms with E-state index >= 15 is 0 Å². The summed E-state index contributed by atoms with van der Waals surface area (Å²) < 4.78 is 33.8. The van der Waals surface area contributed by atoms with Gasteiger partial charge in [0.05, 0.1) is 6.61 Å². The molecule has 0 bridgehead atoms. The minimum absolute atomic E-state index is 0.0245. The fraction of sp³-hybridized carbons (Fsp3) is 0.652. The second-order valence-corrected chi connectivity index (χ2v) is 8.00. The third kappa shape index (κ3) is 4.29. The lowest BCUT2D eigenvalue weighted by Crippen LogP contribution is -2.23. The van der Waals surface area contributed by atoms with Crippen molar-refractivity contribution in [2.45, 2.75) is 71.1 Å². The first-order chi connectivity index (χ1) is 12.6. The molecule has 0 aliphatic heterocycles. The molecule has 144 valence electrons. The Bertz CT molecular complexity index is 617. The minimum atomic E-state index is -0.830. The quantitative estimate of drug-likeness (QED) is 0.494. The van der Waals surface area contributed by atoms with Crippen LogP contribution >= 0.6 is 0 Å². The fourth-order valence-corrected chi connectivity index (χ4v) is 4.89. The Kier molecular flexibility index (Phi) is 6.72. The van der Waals surface area contributed by atoms with Gasteiger partial charge < -0.3 is 4.74 Å². The van der Waals surface area contributed by atoms with Gasteiger partial charge in [0.25, 0.3) is 0 Å². The zero-order valence-electron chi connectivity index (χ0n) is 16.1. The van der Waals surface area contributed by atoms with Crippen LogP contribution in [-0.4, -0.2) is 6.61 Å². The van der Waals surface area contributed by atoms with Crippen molar-refractivity contribution in [1.29, 1.82) is 0 Å². The maximum atomic E-state index is 14.5. The van der Waals surface area contributed by atoms with Crippen molar-refractivity contribution in [1.82, 2.24) is 0 Å². The number of hydrogen-bond donors (Lipinski definition) is 0. The van der Waals surface area contributed by atoms with Gasteiger partial charge in [0, 0.05) is 0 Å². The number of rotatable bonds is 6. The number of benzene rings is 1. The van der Waals surface area contributed by atoms with Gasteiger partial charge in [-0.3, -0.25) is 0 Å². The molecule has 1 aromatic carbocycles. The van der Waals surface area contributed by atoms with Crippen LogP contribution in [0.2, 0.25) is 0 Å². The normalized spacial score (nSPS) is 28.9. The van der Waals surface area contributed by atoms with E-state index in [-0.39, 0.29) is 11.7 Å². The Labute approximate surface area is 156 Å². The third-order valence-electron chi connectivity index (χ3n) is 6.35. The zero-order valence-corrected chi connectivity index (χ0v) is 16.1. The van der Waals surface area contributed by atoms with Crippen LogP contribution in [0.25, 0.3) is 0 Å². The van der Waals surface area contributed by atoms with E-state index in [4.69, 9.17) is 4.74 Å². The lowest BCUT2D eigenvalue weighted by atomic mass is 9.70. The molecule has 1 aromatic rings. The number of allylic oxidation sites excluding steroid dienone is 2. The van der Waals surface area contributed by atoms with E-state index < -0.39 is 11.6 Å². The van der Waals surface area contributed by atoms with Crippen molar-refractivity contribution in [3.05, 3.63) is 41.5 Å². The summed E-state index contributed by atoms with van der Waals surface area (Å²) in [6.07, 6.45) is 14.2. The van der Waals surface area contributed by atoms with Gasteiger partial charge in [-0.15, -0.1) is 0 Å². The van der Waals surface area contributed by atoms with Gasteiger partial charge in [0.1, 0.15) is 0 Å². The third-order valence-corrected chi connectivity index (χ3v) is 6.35. The van der Waals surface area contributed by atoms with E-state index in [9.17, 15) is 8.78 Å². The van der Waals surface area contributed by atoms with E-state index in [0.717, 1.165) is 31.6 Å². The average Bonchev–Trinajstić information content (AvgIpc) is 2.67. The average molecular weight is 363 g/mol. The van der Waals surface area contributed by atoms with Gasteiger partial charge in [-0.1, -0.05) is 31.6 Å². The van der Waals surface area contributed by atoms with E-state index in [1.807, 2.05) is 0 Å². The molecule has 0 aromatic heterocycles. The van der Waals surface area contributed by atoms with Gasteiger partial charge in [0.15, 0.2) is 11.6 Å². The van der Waals surface area contributed by atoms with E-state index in [0.29, 0.717) is 24.0 Å². The predicted molar refractivity (Wildman–Crippen MR) is 102 cm³/mol. The van der Waals surface area contributed by atoms with Crippen molar-refractivity contribution >= 4 is 0 Å². The molecule has 2 aliphatic carbocycles. The van der Waals surface area contributed by atoms with Crippen LogP contribution < -0.4 is 4.74 Å². The molecule has 0 heterocycles. The van der Waals surface area contributed by atoms with Crippen LogP contribution in [0.5, 0.6) is 5.75 Å². The highest BCUT2D eigenvalue weighted by Gasteiger charge is 2.30. The van der Waals surface area contributed by atoms with Crippen LogP contribution in [0.1, 0.15) is 76.7 Å². The van der Waals surface area contributed by atoms with E-state index in [1.165, 1.54) is 25.7 Å². The Balaban J connectivity index is 1.59. The summed E-state index contributed by atoms with van der Waals surface area (Å²) in [6.45, 7) is 4.37. The molecule has 0 amide bonds. The molecule has 1 nitrogen and oxygen atoms in total. The van der Waals surface area contributed by atoms with Crippen LogP contribution in [-0.2, 0) is 0 Å². The number of ether oxygens (including phenoxy) is 1. The van der Waals surface area contributed by atoms with Crippen molar-refractivity contribution in [3.8, 4) is 5.75 Å². The molecular weight excluding hydrogens is 330 g/mol. The SMILES string of the molecule is CCCC1C=CC(C2CCC(c3ccc(OCC)c(F)c3F)CC2)CC1.